The van der Waals surface area contributed by atoms with E-state index in [9.17, 15) is 14.1 Å². The number of hydrogen-bond donors (Lipinski definition) is 1. The molecule has 28 heavy (non-hydrogen) atoms. The van der Waals surface area contributed by atoms with E-state index in [1.165, 1.54) is 8.98 Å². The summed E-state index contributed by atoms with van der Waals surface area (Å²) in [5.74, 6) is -0.676. The van der Waals surface area contributed by atoms with Crippen LogP contribution in [0.5, 0.6) is 0 Å². The molecule has 0 aliphatic heterocycles. The molecule has 1 atom stereocenters. The molecular formula is C14H29N4O6PS3. The van der Waals surface area contributed by atoms with Gasteiger partial charge in [0.1, 0.15) is 0 Å². The third kappa shape index (κ3) is 8.95. The highest BCUT2D eigenvalue weighted by atomic mass is 32.5. The molecule has 0 aromatic carbocycles. The van der Waals surface area contributed by atoms with Gasteiger partial charge in [-0.25, -0.2) is 4.79 Å². The van der Waals surface area contributed by atoms with Crippen LogP contribution in [0.3, 0.4) is 0 Å². The smallest absolute Gasteiger partial charge is 0.437 e. The van der Waals surface area contributed by atoms with Crippen molar-refractivity contribution in [1.82, 2.24) is 14.3 Å². The summed E-state index contributed by atoms with van der Waals surface area (Å²) < 4.78 is 25.4. The highest BCUT2D eigenvalue weighted by Gasteiger charge is 2.40. The van der Waals surface area contributed by atoms with Gasteiger partial charge < -0.3 is 18.5 Å². The molecule has 0 aliphatic carbocycles. The van der Waals surface area contributed by atoms with Crippen LogP contribution < -0.4 is 5.32 Å². The molecule has 1 unspecified atom stereocenters. The van der Waals surface area contributed by atoms with E-state index in [4.69, 9.17) is 20.9 Å². The first kappa shape index (κ1) is 27.6. The molecule has 0 aromatic heterocycles. The van der Waals surface area contributed by atoms with Crippen molar-refractivity contribution < 1.29 is 28.0 Å². The van der Waals surface area contributed by atoms with Crippen LogP contribution in [0.2, 0.25) is 0 Å². The van der Waals surface area contributed by atoms with Gasteiger partial charge in [-0.1, -0.05) is 5.16 Å². The fraction of sp³-hybridized carbons (Fsp3) is 0.786. The summed E-state index contributed by atoms with van der Waals surface area (Å²) in [4.78, 5) is 29.6. The predicted octanol–water partition coefficient (Wildman–Crippen LogP) is 2.11. The summed E-state index contributed by atoms with van der Waals surface area (Å²) in [6.45, 7) is 4.79. The van der Waals surface area contributed by atoms with E-state index >= 15 is 0 Å². The first-order chi connectivity index (χ1) is 13.0. The summed E-state index contributed by atoms with van der Waals surface area (Å²) >= 11 is 4.81. The van der Waals surface area contributed by atoms with Gasteiger partial charge in [0.05, 0.1) is 30.6 Å². The van der Waals surface area contributed by atoms with Gasteiger partial charge in [0.25, 0.3) is 5.91 Å². The molecule has 1 N–H and O–H groups in total. The number of hydrogen-bond acceptors (Lipinski definition) is 9. The molecule has 0 fully saturated rings. The van der Waals surface area contributed by atoms with Gasteiger partial charge in [0.2, 0.25) is 10.9 Å². The lowest BCUT2D eigenvalue weighted by atomic mass is 10.4. The van der Waals surface area contributed by atoms with Crippen molar-refractivity contribution in [2.45, 2.75) is 33.7 Å². The number of thioether (sulfide) groups is 1. The topological polar surface area (TPSA) is 116 Å². The number of amides is 2. The van der Waals surface area contributed by atoms with Crippen molar-refractivity contribution in [1.29, 1.82) is 0 Å². The third-order valence-corrected chi connectivity index (χ3v) is 9.45. The first-order valence-corrected chi connectivity index (χ1v) is 13.5. The fourth-order valence-corrected chi connectivity index (χ4v) is 7.81. The molecule has 0 aliphatic rings. The Morgan fingerprint density at radius 1 is 1.29 bits per heavy atom. The van der Waals surface area contributed by atoms with Gasteiger partial charge in [0.15, 0.2) is 0 Å². The number of nitrogens with one attached hydrogen (secondary N) is 1. The molecule has 0 heterocycles. The number of carbonyl (C=O) groups is 2. The monoisotopic (exact) mass is 476 g/mol. The van der Waals surface area contributed by atoms with Crippen molar-refractivity contribution in [3.8, 4) is 0 Å². The van der Waals surface area contributed by atoms with Crippen LogP contribution in [0.4, 0.5) is 4.79 Å². The molecule has 0 spiro atoms. The van der Waals surface area contributed by atoms with Crippen molar-refractivity contribution in [3.63, 3.8) is 0 Å². The Bertz CT molecular complexity index is 583. The van der Waals surface area contributed by atoms with Crippen molar-refractivity contribution in [2.75, 3.05) is 39.4 Å². The third-order valence-electron chi connectivity index (χ3n) is 2.81. The van der Waals surface area contributed by atoms with Gasteiger partial charge in [-0.15, -0.1) is 11.8 Å². The number of oxime groups is 1. The van der Waals surface area contributed by atoms with E-state index in [2.05, 4.69) is 15.3 Å². The zero-order valence-electron chi connectivity index (χ0n) is 17.2. The van der Waals surface area contributed by atoms with Crippen LogP contribution in [0.25, 0.3) is 0 Å². The SMILES string of the molecule is CCOP(=S)(OCC)N(C(C)C)[S+]([O-])CNC(=O)ON=C(SC)C(=O)N(C)C. The van der Waals surface area contributed by atoms with E-state index < -0.39 is 30.0 Å². The van der Waals surface area contributed by atoms with Crippen LogP contribution in [0, 0.1) is 0 Å². The van der Waals surface area contributed by atoms with Gasteiger partial charge >= 0.3 is 12.7 Å². The molecule has 10 nitrogen and oxygen atoms in total. The van der Waals surface area contributed by atoms with Gasteiger partial charge in [-0.2, -0.15) is 0 Å². The Hall–Kier alpha value is -0.400. The lowest BCUT2D eigenvalue weighted by Gasteiger charge is -2.34. The standard InChI is InChI=1S/C14H29N4O6PS3/c1-8-22-25(26,23-9-2)18(11(3)4)28(21)10-15-14(20)24-16-12(27-7)13(19)17(5)6/h11H,8-10H2,1-7H3,(H,15,20). The molecule has 2 amide bonds. The van der Waals surface area contributed by atoms with E-state index in [-0.39, 0.29) is 17.0 Å². The Morgan fingerprint density at radius 2 is 1.82 bits per heavy atom. The maximum Gasteiger partial charge on any atom is 0.437 e. The lowest BCUT2D eigenvalue weighted by molar-refractivity contribution is -0.121. The minimum absolute atomic E-state index is 0.00766. The lowest BCUT2D eigenvalue weighted by Crippen LogP contribution is -2.42. The largest absolute Gasteiger partial charge is 0.596 e. The van der Waals surface area contributed by atoms with Crippen molar-refractivity contribution in [3.05, 3.63) is 0 Å². The Kier molecular flexibility index (Phi) is 13.6. The zero-order valence-corrected chi connectivity index (χ0v) is 20.5. The van der Waals surface area contributed by atoms with E-state index in [1.54, 1.807) is 48.0 Å². The van der Waals surface area contributed by atoms with Crippen LogP contribution in [0.1, 0.15) is 27.7 Å². The molecule has 0 saturated heterocycles. The Balaban J connectivity index is 5.03. The van der Waals surface area contributed by atoms with Crippen LogP contribution in [0.15, 0.2) is 5.16 Å². The number of rotatable bonds is 10. The van der Waals surface area contributed by atoms with Crippen molar-refractivity contribution in [2.24, 2.45) is 5.16 Å². The van der Waals surface area contributed by atoms with Crippen LogP contribution in [-0.4, -0.2) is 76.1 Å². The van der Waals surface area contributed by atoms with Crippen molar-refractivity contribution >= 4 is 58.6 Å². The molecular weight excluding hydrogens is 447 g/mol. The quantitative estimate of drug-likeness (QED) is 0.126. The second kappa shape index (κ2) is 13.8. The van der Waals surface area contributed by atoms with Gasteiger partial charge in [0, 0.05) is 14.1 Å². The summed E-state index contributed by atoms with van der Waals surface area (Å²) in [6, 6.07) is -0.249. The normalized spacial score (nSPS) is 13.6. The number of nitrogens with zero attached hydrogens (tertiary/aromatic N) is 3. The predicted molar refractivity (Wildman–Crippen MR) is 117 cm³/mol. The maximum atomic E-state index is 12.7. The maximum absolute atomic E-state index is 12.7. The molecule has 0 bridgehead atoms. The van der Waals surface area contributed by atoms with E-state index in [1.807, 2.05) is 0 Å². The zero-order chi connectivity index (χ0) is 21.9. The first-order valence-electron chi connectivity index (χ1n) is 8.39. The van der Waals surface area contributed by atoms with E-state index in [0.717, 1.165) is 11.8 Å². The number of carbonyl (C=O) groups excluding carboxylic acids is 2. The molecule has 164 valence electrons. The second-order valence-corrected chi connectivity index (χ2v) is 11.2. The molecule has 0 rings (SSSR count). The minimum Gasteiger partial charge on any atom is -0.596 e. The Labute approximate surface area is 179 Å². The summed E-state index contributed by atoms with van der Waals surface area (Å²) in [6.07, 6.45) is 0.682. The highest BCUT2D eigenvalue weighted by molar-refractivity contribution is 8.15. The second-order valence-electron chi connectivity index (χ2n) is 5.52. The molecule has 0 saturated carbocycles. The minimum atomic E-state index is -2.97. The van der Waals surface area contributed by atoms with E-state index in [0.29, 0.717) is 13.2 Å². The van der Waals surface area contributed by atoms with Gasteiger partial charge in [-0.3, -0.25) is 14.9 Å². The molecule has 0 radical (unpaired) electrons. The summed E-state index contributed by atoms with van der Waals surface area (Å²) in [7, 11) is 3.11. The molecule has 0 aromatic rings. The average Bonchev–Trinajstić information content (AvgIpc) is 2.60. The summed E-state index contributed by atoms with van der Waals surface area (Å²) in [5.41, 5.74) is 0. The highest BCUT2D eigenvalue weighted by Crippen LogP contribution is 2.55. The van der Waals surface area contributed by atoms with Crippen LogP contribution >= 0.6 is 18.4 Å². The van der Waals surface area contributed by atoms with Crippen LogP contribution in [-0.2, 0) is 41.8 Å². The Morgan fingerprint density at radius 3 is 2.21 bits per heavy atom. The summed E-state index contributed by atoms with van der Waals surface area (Å²) in [5, 5.41) is 5.88. The van der Waals surface area contributed by atoms with Gasteiger partial charge in [-0.05, 0) is 49.8 Å². The average molecular weight is 477 g/mol. The fourth-order valence-electron chi connectivity index (χ4n) is 1.76. The molecule has 14 heteroatoms.